The summed E-state index contributed by atoms with van der Waals surface area (Å²) in [7, 11) is 0. The molecule has 0 aromatic carbocycles. The highest BCUT2D eigenvalue weighted by atomic mass is 32.1. The third kappa shape index (κ3) is 4.09. The second kappa shape index (κ2) is 7.72. The van der Waals surface area contributed by atoms with E-state index in [1.54, 1.807) is 23.1 Å². The van der Waals surface area contributed by atoms with Crippen molar-refractivity contribution < 1.29 is 9.21 Å². The molecule has 0 saturated carbocycles. The Hall–Kier alpha value is -3.73. The van der Waals surface area contributed by atoms with E-state index in [1.165, 1.54) is 28.2 Å². The average molecular weight is 412 g/mol. The van der Waals surface area contributed by atoms with Gasteiger partial charge in [-0.25, -0.2) is 9.78 Å². The maximum Gasteiger partial charge on any atom is 0.328 e. The number of thiazole rings is 1. The Morgan fingerprint density at radius 2 is 2.21 bits per heavy atom. The molecule has 0 radical (unpaired) electrons. The largest absolute Gasteiger partial charge is 0.463 e. The third-order valence-corrected chi connectivity index (χ3v) is 4.84. The molecule has 4 heterocycles. The van der Waals surface area contributed by atoms with E-state index in [2.05, 4.69) is 20.4 Å². The molecule has 4 aromatic rings. The predicted molar refractivity (Wildman–Crippen MR) is 106 cm³/mol. The zero-order valence-corrected chi connectivity index (χ0v) is 16.1. The molecule has 1 amide bonds. The number of nitrogens with zero attached hydrogens (tertiary/aromatic N) is 4. The van der Waals surface area contributed by atoms with Crippen LogP contribution in [0.2, 0.25) is 0 Å². The number of aromatic amines is 1. The van der Waals surface area contributed by atoms with E-state index < -0.39 is 11.2 Å². The van der Waals surface area contributed by atoms with E-state index in [0.29, 0.717) is 28.1 Å². The summed E-state index contributed by atoms with van der Waals surface area (Å²) in [4.78, 5) is 41.8. The van der Waals surface area contributed by atoms with Gasteiger partial charge in [0, 0.05) is 36.7 Å². The number of aromatic nitrogens is 5. The summed E-state index contributed by atoms with van der Waals surface area (Å²) in [6.07, 6.45) is 2.98. The van der Waals surface area contributed by atoms with E-state index >= 15 is 0 Å². The lowest BCUT2D eigenvalue weighted by atomic mass is 10.3. The third-order valence-electron chi connectivity index (χ3n) is 4.02. The Balaban J connectivity index is 1.49. The van der Waals surface area contributed by atoms with Crippen molar-refractivity contribution in [3.63, 3.8) is 0 Å². The summed E-state index contributed by atoms with van der Waals surface area (Å²) >= 11 is 1.37. The Morgan fingerprint density at radius 3 is 2.97 bits per heavy atom. The van der Waals surface area contributed by atoms with Crippen LogP contribution < -0.4 is 16.6 Å². The van der Waals surface area contributed by atoms with Crippen molar-refractivity contribution >= 4 is 23.1 Å². The van der Waals surface area contributed by atoms with Crippen molar-refractivity contribution in [1.29, 1.82) is 0 Å². The smallest absolute Gasteiger partial charge is 0.328 e. The van der Waals surface area contributed by atoms with Crippen molar-refractivity contribution in [3.05, 3.63) is 68.6 Å². The highest BCUT2D eigenvalue weighted by Crippen LogP contribution is 2.26. The molecule has 4 rings (SSSR count). The van der Waals surface area contributed by atoms with Crippen LogP contribution in [0.5, 0.6) is 0 Å². The van der Waals surface area contributed by atoms with Crippen molar-refractivity contribution in [3.8, 4) is 16.6 Å². The van der Waals surface area contributed by atoms with E-state index in [1.807, 2.05) is 18.4 Å². The van der Waals surface area contributed by atoms with Gasteiger partial charge in [0.05, 0.1) is 12.0 Å². The molecular formula is C18H16N6O4S. The molecule has 0 bridgehead atoms. The number of hydrogen-bond acceptors (Lipinski definition) is 7. The van der Waals surface area contributed by atoms with Gasteiger partial charge in [0.15, 0.2) is 5.76 Å². The van der Waals surface area contributed by atoms with Gasteiger partial charge in [0.2, 0.25) is 11.0 Å². The minimum Gasteiger partial charge on any atom is -0.463 e. The van der Waals surface area contributed by atoms with Gasteiger partial charge in [0.1, 0.15) is 11.5 Å². The van der Waals surface area contributed by atoms with Crippen LogP contribution in [0.1, 0.15) is 12.1 Å². The van der Waals surface area contributed by atoms with Gasteiger partial charge >= 0.3 is 5.69 Å². The van der Waals surface area contributed by atoms with Gasteiger partial charge in [-0.2, -0.15) is 9.78 Å². The lowest BCUT2D eigenvalue weighted by molar-refractivity contribution is -0.116. The Bertz CT molecular complexity index is 1260. The Morgan fingerprint density at radius 1 is 1.34 bits per heavy atom. The van der Waals surface area contributed by atoms with Gasteiger partial charge in [-0.3, -0.25) is 14.6 Å². The van der Waals surface area contributed by atoms with Crippen molar-refractivity contribution in [2.45, 2.75) is 19.9 Å². The monoisotopic (exact) mass is 412 g/mol. The van der Waals surface area contributed by atoms with Crippen LogP contribution in [0.15, 0.2) is 56.1 Å². The number of anilines is 1. The first-order valence-electron chi connectivity index (χ1n) is 8.66. The first-order chi connectivity index (χ1) is 14.0. The molecule has 0 aliphatic rings. The number of carbonyl (C=O) groups is 1. The second-order valence-corrected chi connectivity index (χ2v) is 7.01. The molecular weight excluding hydrogens is 396 g/mol. The first kappa shape index (κ1) is 18.6. The molecule has 0 atom stereocenters. The summed E-state index contributed by atoms with van der Waals surface area (Å²) in [5.41, 5.74) is 0.358. The molecule has 148 valence electrons. The minimum absolute atomic E-state index is 0.0473. The van der Waals surface area contributed by atoms with Crippen LogP contribution in [0, 0.1) is 6.92 Å². The van der Waals surface area contributed by atoms with Gasteiger partial charge in [0.25, 0.3) is 5.56 Å². The molecule has 4 aromatic heterocycles. The molecule has 0 fully saturated rings. The molecule has 0 saturated heterocycles. The fourth-order valence-corrected chi connectivity index (χ4v) is 3.46. The number of carbonyl (C=O) groups excluding carboxylic acids is 1. The summed E-state index contributed by atoms with van der Waals surface area (Å²) in [5.74, 6) is 0.821. The van der Waals surface area contributed by atoms with E-state index in [0.717, 1.165) is 0 Å². The van der Waals surface area contributed by atoms with Crippen LogP contribution in [0.3, 0.4) is 0 Å². The fraction of sp³-hybridized carbons (Fsp3) is 0.167. The molecule has 29 heavy (non-hydrogen) atoms. The van der Waals surface area contributed by atoms with Crippen LogP contribution >= 0.6 is 11.3 Å². The number of hydrogen-bond donors (Lipinski definition) is 2. The maximum absolute atomic E-state index is 12.4. The summed E-state index contributed by atoms with van der Waals surface area (Å²) in [6.45, 7) is 1.95. The number of aryl methyl sites for hydroxylation is 2. The van der Waals surface area contributed by atoms with Crippen LogP contribution in [0.25, 0.3) is 16.6 Å². The quantitative estimate of drug-likeness (QED) is 0.497. The molecule has 0 unspecified atom stereocenters. The lowest BCUT2D eigenvalue weighted by Crippen LogP contribution is -2.29. The maximum atomic E-state index is 12.4. The standard InChI is InChI=1S/C18H16N6O4S/c1-11-9-14(20-15(25)4-6-23-7-5-16(26)21-17(23)27)24(22-11)18-19-12(10-29-18)13-3-2-8-28-13/h2-3,5,7-10H,4,6H2,1H3,(H,20,25)(H,21,26,27). The number of furan rings is 1. The molecule has 2 N–H and O–H groups in total. The molecule has 11 heteroatoms. The number of rotatable bonds is 6. The number of nitrogens with one attached hydrogen (secondary N) is 2. The second-order valence-electron chi connectivity index (χ2n) is 6.18. The highest BCUT2D eigenvalue weighted by molar-refractivity contribution is 7.12. The van der Waals surface area contributed by atoms with Crippen molar-refractivity contribution in [2.24, 2.45) is 0 Å². The summed E-state index contributed by atoms with van der Waals surface area (Å²) < 4.78 is 8.17. The summed E-state index contributed by atoms with van der Waals surface area (Å²) in [6, 6.07) is 6.56. The van der Waals surface area contributed by atoms with Crippen LogP contribution in [-0.2, 0) is 11.3 Å². The first-order valence-corrected chi connectivity index (χ1v) is 9.53. The van der Waals surface area contributed by atoms with Crippen molar-refractivity contribution in [2.75, 3.05) is 5.32 Å². The van der Waals surface area contributed by atoms with E-state index in [9.17, 15) is 14.4 Å². The highest BCUT2D eigenvalue weighted by Gasteiger charge is 2.15. The predicted octanol–water partition coefficient (Wildman–Crippen LogP) is 1.78. The fourth-order valence-electron chi connectivity index (χ4n) is 2.68. The molecule has 0 spiro atoms. The van der Waals surface area contributed by atoms with Gasteiger partial charge in [-0.05, 0) is 19.1 Å². The lowest BCUT2D eigenvalue weighted by Gasteiger charge is -2.07. The molecule has 10 nitrogen and oxygen atoms in total. The Kier molecular flexibility index (Phi) is 4.96. The number of H-pyrrole nitrogens is 1. The Labute approximate surface area is 167 Å². The SMILES string of the molecule is Cc1cc(NC(=O)CCn2ccc(=O)[nH]c2=O)n(-c2nc(-c3ccco3)cs2)n1. The van der Waals surface area contributed by atoms with E-state index in [-0.39, 0.29) is 18.9 Å². The molecule has 0 aliphatic carbocycles. The molecule has 0 aliphatic heterocycles. The zero-order chi connectivity index (χ0) is 20.4. The van der Waals surface area contributed by atoms with Gasteiger partial charge in [-0.15, -0.1) is 11.3 Å². The van der Waals surface area contributed by atoms with Gasteiger partial charge in [-0.1, -0.05) is 0 Å². The zero-order valence-electron chi connectivity index (χ0n) is 15.3. The van der Waals surface area contributed by atoms with Crippen molar-refractivity contribution in [1.82, 2.24) is 24.3 Å². The topological polar surface area (TPSA) is 128 Å². The van der Waals surface area contributed by atoms with Crippen LogP contribution in [-0.4, -0.2) is 30.2 Å². The van der Waals surface area contributed by atoms with Gasteiger partial charge < -0.3 is 14.3 Å². The van der Waals surface area contributed by atoms with E-state index in [4.69, 9.17) is 4.42 Å². The average Bonchev–Trinajstić information content (AvgIpc) is 3.41. The minimum atomic E-state index is -0.556. The normalized spacial score (nSPS) is 10.9. The number of amides is 1. The summed E-state index contributed by atoms with van der Waals surface area (Å²) in [5, 5.41) is 9.61. The van der Waals surface area contributed by atoms with Crippen LogP contribution in [0.4, 0.5) is 5.82 Å².